The minimum atomic E-state index is -2.77. The Morgan fingerprint density at radius 2 is 1.83 bits per heavy atom. The second-order valence-electron chi connectivity index (χ2n) is 12.9. The largest absolute Gasteiger partial charge is 0.364 e. The van der Waals surface area contributed by atoms with E-state index in [9.17, 15) is 13.6 Å². The zero-order chi connectivity index (χ0) is 28.7. The van der Waals surface area contributed by atoms with Crippen LogP contribution >= 0.6 is 11.3 Å². The van der Waals surface area contributed by atoms with Crippen LogP contribution in [-0.4, -0.2) is 40.1 Å². The van der Waals surface area contributed by atoms with Gasteiger partial charge in [-0.3, -0.25) is 4.79 Å². The van der Waals surface area contributed by atoms with Crippen LogP contribution in [0.1, 0.15) is 74.0 Å². The fourth-order valence-electron chi connectivity index (χ4n) is 6.93. The molecule has 2 saturated heterocycles. The molecule has 1 amide bonds. The first kappa shape index (κ1) is 26.4. The second-order valence-corrected chi connectivity index (χ2v) is 14.1. The van der Waals surface area contributed by atoms with Crippen molar-refractivity contribution in [1.82, 2.24) is 15.1 Å². The number of carbonyl (C=O) groups excluding carboxylic acids is 1. The second kappa shape index (κ2) is 9.38. The van der Waals surface area contributed by atoms with E-state index in [0.717, 1.165) is 76.4 Å². The highest BCUT2D eigenvalue weighted by Gasteiger charge is 2.56. The fourth-order valence-corrected chi connectivity index (χ4v) is 7.80. The van der Waals surface area contributed by atoms with Gasteiger partial charge in [0.25, 0.3) is 5.89 Å². The Hall–Kier alpha value is -3.24. The normalized spacial score (nSPS) is 26.8. The molecular formula is C32H32F2N4O3S. The summed E-state index contributed by atoms with van der Waals surface area (Å²) in [6.07, 6.45) is 4.56. The van der Waals surface area contributed by atoms with E-state index in [1.165, 1.54) is 0 Å². The van der Waals surface area contributed by atoms with Crippen molar-refractivity contribution >= 4 is 33.1 Å². The van der Waals surface area contributed by atoms with E-state index in [-0.39, 0.29) is 11.3 Å². The van der Waals surface area contributed by atoms with Crippen molar-refractivity contribution < 1.29 is 22.8 Å². The number of nitrogens with zero attached hydrogens (tertiary/aromatic N) is 4. The molecule has 10 heteroatoms. The van der Waals surface area contributed by atoms with Gasteiger partial charge in [0, 0.05) is 42.3 Å². The maximum Gasteiger partial charge on any atom is 0.258 e. The summed E-state index contributed by atoms with van der Waals surface area (Å²) in [5, 5.41) is 5.22. The standard InChI is InChI=1S/C32H32F2N4O3S/c1-19-35-25-8-7-22(14-26(25)42-19)21-3-2-4-24(13-21)38(28(39)23-15-32(33,34)16-23)17-30-9-11-31(12-10-30,40-18-30)29-36-27(37-41-29)20-5-6-20/h2-4,7-8,13-14,20,23H,5-6,9-12,15-18H2,1H3. The number of aryl methyl sites for hydroxylation is 1. The van der Waals surface area contributed by atoms with Crippen molar-refractivity contribution in [1.29, 1.82) is 0 Å². The highest BCUT2D eigenvalue weighted by Crippen LogP contribution is 2.54. The minimum Gasteiger partial charge on any atom is -0.364 e. The number of halogens is 2. The molecule has 7 nitrogen and oxygen atoms in total. The van der Waals surface area contributed by atoms with E-state index in [2.05, 4.69) is 16.2 Å². The van der Waals surface area contributed by atoms with Gasteiger partial charge in [0.15, 0.2) is 5.82 Å². The lowest BCUT2D eigenvalue weighted by molar-refractivity contribution is -0.198. The number of ether oxygens (including phenoxy) is 1. The highest BCUT2D eigenvalue weighted by molar-refractivity contribution is 7.18. The lowest BCUT2D eigenvalue weighted by atomic mass is 9.65. The molecule has 4 aromatic rings. The monoisotopic (exact) mass is 590 g/mol. The van der Waals surface area contributed by atoms with Gasteiger partial charge in [-0.25, -0.2) is 13.8 Å². The first-order chi connectivity index (χ1) is 20.2. The Bertz CT molecular complexity index is 1660. The molecule has 42 heavy (non-hydrogen) atoms. The van der Waals surface area contributed by atoms with E-state index >= 15 is 0 Å². The Morgan fingerprint density at radius 3 is 2.55 bits per heavy atom. The van der Waals surface area contributed by atoms with Gasteiger partial charge in [-0.05, 0) is 80.8 Å². The van der Waals surface area contributed by atoms with Crippen LogP contribution in [0, 0.1) is 18.3 Å². The average Bonchev–Trinajstić information content (AvgIpc) is 3.58. The molecule has 9 rings (SSSR count). The van der Waals surface area contributed by atoms with Gasteiger partial charge in [-0.1, -0.05) is 23.4 Å². The van der Waals surface area contributed by atoms with Crippen LogP contribution < -0.4 is 4.90 Å². The molecule has 2 bridgehead atoms. The molecular weight excluding hydrogens is 558 g/mol. The van der Waals surface area contributed by atoms with Gasteiger partial charge in [-0.15, -0.1) is 11.3 Å². The molecule has 218 valence electrons. The van der Waals surface area contributed by atoms with Crippen LogP contribution in [0.4, 0.5) is 14.5 Å². The maximum atomic E-state index is 13.9. The average molecular weight is 591 g/mol. The number of carbonyl (C=O) groups is 1. The Labute approximate surface area is 246 Å². The number of anilines is 1. The minimum absolute atomic E-state index is 0.227. The molecule has 4 heterocycles. The van der Waals surface area contributed by atoms with Gasteiger partial charge >= 0.3 is 0 Å². The summed E-state index contributed by atoms with van der Waals surface area (Å²) in [6.45, 7) is 2.88. The third-order valence-corrected chi connectivity index (χ3v) is 10.7. The summed E-state index contributed by atoms with van der Waals surface area (Å²) in [5.41, 5.74) is 2.87. The Kier molecular flexibility index (Phi) is 5.89. The van der Waals surface area contributed by atoms with E-state index in [1.54, 1.807) is 16.2 Å². The van der Waals surface area contributed by atoms with E-state index in [4.69, 9.17) is 14.2 Å². The van der Waals surface area contributed by atoms with Crippen LogP contribution in [0.2, 0.25) is 0 Å². The van der Waals surface area contributed by atoms with Crippen molar-refractivity contribution in [3.63, 3.8) is 0 Å². The molecule has 2 aliphatic heterocycles. The molecule has 5 aliphatic rings. The summed E-state index contributed by atoms with van der Waals surface area (Å²) in [5.74, 6) is -1.91. The quantitative estimate of drug-likeness (QED) is 0.223. The van der Waals surface area contributed by atoms with Gasteiger partial charge in [0.2, 0.25) is 11.8 Å². The first-order valence-corrected chi connectivity index (χ1v) is 15.7. The number of fused-ring (bicyclic) bond motifs is 4. The molecule has 3 aliphatic carbocycles. The van der Waals surface area contributed by atoms with Crippen LogP contribution in [0.15, 0.2) is 47.0 Å². The predicted molar refractivity (Wildman–Crippen MR) is 155 cm³/mol. The lowest BCUT2D eigenvalue weighted by Crippen LogP contribution is -2.56. The fraction of sp³-hybridized carbons (Fsp3) is 0.500. The van der Waals surface area contributed by atoms with Gasteiger partial charge in [-0.2, -0.15) is 4.98 Å². The Morgan fingerprint density at radius 1 is 1.05 bits per heavy atom. The lowest BCUT2D eigenvalue weighted by Gasteiger charge is -2.53. The molecule has 3 saturated carbocycles. The zero-order valence-corrected chi connectivity index (χ0v) is 24.3. The van der Waals surface area contributed by atoms with Crippen LogP contribution in [0.5, 0.6) is 0 Å². The number of thiazole rings is 1. The number of rotatable bonds is 7. The smallest absolute Gasteiger partial charge is 0.258 e. The van der Waals surface area contributed by atoms with Crippen LogP contribution in [-0.2, 0) is 15.1 Å². The summed E-state index contributed by atoms with van der Waals surface area (Å²) < 4.78 is 41.0. The van der Waals surface area contributed by atoms with Crippen molar-refractivity contribution in [2.75, 3.05) is 18.1 Å². The molecule has 0 spiro atoms. The molecule has 0 unspecified atom stereocenters. The van der Waals surface area contributed by atoms with Crippen molar-refractivity contribution in [2.45, 2.75) is 75.7 Å². The summed E-state index contributed by atoms with van der Waals surface area (Å²) in [4.78, 5) is 24.9. The molecule has 5 fully saturated rings. The van der Waals surface area contributed by atoms with Crippen molar-refractivity contribution in [3.05, 3.63) is 59.2 Å². The van der Waals surface area contributed by atoms with Crippen molar-refractivity contribution in [3.8, 4) is 11.1 Å². The number of amides is 1. The number of benzene rings is 2. The van der Waals surface area contributed by atoms with E-state index in [1.807, 2.05) is 43.3 Å². The highest BCUT2D eigenvalue weighted by atomic mass is 32.1. The SMILES string of the molecule is Cc1nc2ccc(-c3cccc(N(CC45CCC(c6nc(C7CC7)no6)(CC4)OC5)C(=O)C4CC(F)(F)C4)c3)cc2s1. The Balaban J connectivity index is 1.07. The zero-order valence-electron chi connectivity index (χ0n) is 23.4. The molecule has 2 aromatic heterocycles. The van der Waals surface area contributed by atoms with Gasteiger partial charge in [0.05, 0.1) is 21.8 Å². The van der Waals surface area contributed by atoms with Crippen molar-refractivity contribution in [2.24, 2.45) is 11.3 Å². The molecule has 0 radical (unpaired) electrons. The van der Waals surface area contributed by atoms with Gasteiger partial charge < -0.3 is 14.2 Å². The van der Waals surface area contributed by atoms with E-state index < -0.39 is 30.3 Å². The molecule has 2 aromatic carbocycles. The van der Waals surface area contributed by atoms with Crippen LogP contribution in [0.3, 0.4) is 0 Å². The molecule has 0 atom stereocenters. The third kappa shape index (κ3) is 4.54. The predicted octanol–water partition coefficient (Wildman–Crippen LogP) is 7.40. The summed E-state index contributed by atoms with van der Waals surface area (Å²) >= 11 is 1.65. The summed E-state index contributed by atoms with van der Waals surface area (Å²) in [7, 11) is 0. The third-order valence-electron chi connectivity index (χ3n) is 9.73. The number of hydrogen-bond acceptors (Lipinski definition) is 7. The topological polar surface area (TPSA) is 81.3 Å². The number of hydrogen-bond donors (Lipinski definition) is 0. The summed E-state index contributed by atoms with van der Waals surface area (Å²) in [6, 6.07) is 14.1. The van der Waals surface area contributed by atoms with E-state index in [0.29, 0.717) is 25.0 Å². The van der Waals surface area contributed by atoms with Crippen LogP contribution in [0.25, 0.3) is 21.3 Å². The molecule has 0 N–H and O–H groups in total. The first-order valence-electron chi connectivity index (χ1n) is 14.8. The maximum absolute atomic E-state index is 13.9. The van der Waals surface area contributed by atoms with Gasteiger partial charge in [0.1, 0.15) is 5.60 Å². The number of alkyl halides is 2. The number of aromatic nitrogens is 3.